The number of hydrogen-bond acceptors (Lipinski definition) is 5. The van der Waals surface area contributed by atoms with Crippen LogP contribution < -0.4 is 22.0 Å². The van der Waals surface area contributed by atoms with Crippen LogP contribution in [0.1, 0.15) is 0 Å². The van der Waals surface area contributed by atoms with Gasteiger partial charge in [-0.15, -0.1) is 0 Å². The van der Waals surface area contributed by atoms with Crippen LogP contribution in [0.2, 0.25) is 0 Å². The summed E-state index contributed by atoms with van der Waals surface area (Å²) < 4.78 is 4.04. The van der Waals surface area contributed by atoms with E-state index in [4.69, 9.17) is 0 Å². The molecule has 8 heteroatoms. The molecule has 8 nitrogen and oxygen atoms in total. The predicted octanol–water partition coefficient (Wildman–Crippen LogP) is -1.60. The van der Waals surface area contributed by atoms with Crippen LogP contribution in [0.25, 0.3) is 11.2 Å². The smallest absolute Gasteiger partial charge is 0.332 e. The van der Waals surface area contributed by atoms with Crippen molar-refractivity contribution in [3.8, 4) is 0 Å². The summed E-state index contributed by atoms with van der Waals surface area (Å²) in [6.07, 6.45) is 0. The number of nitrogens with zero attached hydrogens (tertiary/aromatic N) is 4. The van der Waals surface area contributed by atoms with Gasteiger partial charge in [-0.1, -0.05) is 0 Å². The Kier molecular flexibility index (Phi) is 1.83. The van der Waals surface area contributed by atoms with Gasteiger partial charge in [-0.3, -0.25) is 13.9 Å². The molecule has 3 heterocycles. The summed E-state index contributed by atoms with van der Waals surface area (Å²) in [4.78, 5) is 28.1. The number of nitrogens with one attached hydrogen (secondary N) is 2. The van der Waals surface area contributed by atoms with Crippen LogP contribution in [-0.2, 0) is 14.1 Å². The molecule has 0 aliphatic carbocycles. The van der Waals surface area contributed by atoms with Crippen molar-refractivity contribution in [3.05, 3.63) is 20.8 Å². The van der Waals surface area contributed by atoms with Gasteiger partial charge in [0, 0.05) is 27.2 Å². The maximum Gasteiger partial charge on any atom is 0.332 e. The summed E-state index contributed by atoms with van der Waals surface area (Å²) in [7, 11) is 3.06. The largest absolute Gasteiger partial charge is 0.352 e. The number of anilines is 1. The molecule has 0 spiro atoms. The lowest BCUT2D eigenvalue weighted by molar-refractivity contribution is 0.704. The third-order valence-corrected chi connectivity index (χ3v) is 2.94. The summed E-state index contributed by atoms with van der Waals surface area (Å²) in [5, 5.41) is 3.07. The van der Waals surface area contributed by atoms with Gasteiger partial charge in [-0.2, -0.15) is 4.98 Å². The van der Waals surface area contributed by atoms with Crippen molar-refractivity contribution in [1.29, 1.82) is 0 Å². The van der Waals surface area contributed by atoms with Crippen LogP contribution >= 0.6 is 0 Å². The Bertz CT molecular complexity index is 722. The zero-order valence-electron chi connectivity index (χ0n) is 9.52. The third kappa shape index (κ3) is 1.14. The monoisotopic (exact) mass is 236 g/mol. The highest BCUT2D eigenvalue weighted by molar-refractivity contribution is 5.75. The van der Waals surface area contributed by atoms with Crippen LogP contribution in [0.15, 0.2) is 9.59 Å². The Balaban J connectivity index is 2.56. The number of fused-ring (bicyclic) bond motifs is 3. The molecule has 2 aromatic rings. The molecule has 0 atom stereocenters. The first kappa shape index (κ1) is 9.94. The lowest BCUT2D eigenvalue weighted by Crippen LogP contribution is -2.39. The minimum Gasteiger partial charge on any atom is -0.352 e. The van der Waals surface area contributed by atoms with Gasteiger partial charge in [-0.25, -0.2) is 9.47 Å². The SMILES string of the molecule is Cn1c(=O)c2c(nc3n2NCCN3)n(C)c1=O. The average molecular weight is 236 g/mol. The van der Waals surface area contributed by atoms with Crippen LogP contribution in [0.5, 0.6) is 0 Å². The molecular weight excluding hydrogens is 224 g/mol. The zero-order chi connectivity index (χ0) is 12.2. The van der Waals surface area contributed by atoms with Crippen LogP contribution in [0.4, 0.5) is 5.95 Å². The molecule has 0 amide bonds. The highest BCUT2D eigenvalue weighted by Crippen LogP contribution is 2.14. The number of imidazole rings is 1. The minimum atomic E-state index is -0.377. The molecule has 90 valence electrons. The second-order valence-corrected chi connectivity index (χ2v) is 3.98. The van der Waals surface area contributed by atoms with E-state index in [0.29, 0.717) is 23.7 Å². The molecule has 0 saturated carbocycles. The number of rotatable bonds is 0. The van der Waals surface area contributed by atoms with Crippen LogP contribution in [-0.4, -0.2) is 31.9 Å². The quantitative estimate of drug-likeness (QED) is 0.575. The Morgan fingerprint density at radius 2 is 1.94 bits per heavy atom. The van der Waals surface area contributed by atoms with Crippen molar-refractivity contribution in [2.45, 2.75) is 0 Å². The van der Waals surface area contributed by atoms with Gasteiger partial charge in [0.15, 0.2) is 11.2 Å². The lowest BCUT2D eigenvalue weighted by atomic mass is 10.5. The fourth-order valence-corrected chi connectivity index (χ4v) is 2.01. The maximum absolute atomic E-state index is 12.1. The summed E-state index contributed by atoms with van der Waals surface area (Å²) in [5.74, 6) is 0.560. The molecule has 2 aromatic heterocycles. The number of aromatic nitrogens is 4. The molecular formula is C9H12N6O2. The molecule has 1 aliphatic rings. The fraction of sp³-hybridized carbons (Fsp3) is 0.444. The maximum atomic E-state index is 12.1. The van der Waals surface area contributed by atoms with Crippen molar-refractivity contribution in [2.24, 2.45) is 14.1 Å². The Morgan fingerprint density at radius 1 is 1.18 bits per heavy atom. The lowest BCUT2D eigenvalue weighted by Gasteiger charge is -2.17. The topological polar surface area (TPSA) is 85.9 Å². The van der Waals surface area contributed by atoms with Crippen LogP contribution in [0.3, 0.4) is 0 Å². The second kappa shape index (κ2) is 3.12. The standard InChI is InChI=1S/C9H12N6O2/c1-13-6-5(7(16)14(2)9(13)17)15-8(12-6)10-3-4-11-15/h11H,3-4H2,1-2H3,(H,10,12). The Morgan fingerprint density at radius 3 is 2.71 bits per heavy atom. The van der Waals surface area contributed by atoms with Crippen molar-refractivity contribution >= 4 is 17.1 Å². The minimum absolute atomic E-state index is 0.349. The summed E-state index contributed by atoms with van der Waals surface area (Å²) in [6, 6.07) is 0. The Hall–Kier alpha value is -2.25. The molecule has 0 fully saturated rings. The average Bonchev–Trinajstić information content (AvgIpc) is 2.73. The van der Waals surface area contributed by atoms with E-state index in [0.717, 1.165) is 11.1 Å². The van der Waals surface area contributed by atoms with Crippen LogP contribution in [0, 0.1) is 0 Å². The zero-order valence-corrected chi connectivity index (χ0v) is 9.52. The number of hydrogen-bond donors (Lipinski definition) is 2. The first-order valence-corrected chi connectivity index (χ1v) is 5.27. The van der Waals surface area contributed by atoms with Gasteiger partial charge in [0.05, 0.1) is 0 Å². The molecule has 1 aliphatic heterocycles. The van der Waals surface area contributed by atoms with E-state index in [9.17, 15) is 9.59 Å². The predicted molar refractivity (Wildman–Crippen MR) is 62.9 cm³/mol. The van der Waals surface area contributed by atoms with Gasteiger partial charge in [0.2, 0.25) is 5.95 Å². The fourth-order valence-electron chi connectivity index (χ4n) is 2.01. The summed E-state index contributed by atoms with van der Waals surface area (Å²) in [6.45, 7) is 1.43. The van der Waals surface area contributed by atoms with Crippen molar-refractivity contribution in [3.63, 3.8) is 0 Å². The molecule has 0 unspecified atom stereocenters. The molecule has 3 rings (SSSR count). The second-order valence-electron chi connectivity index (χ2n) is 3.98. The van der Waals surface area contributed by atoms with Gasteiger partial charge < -0.3 is 10.7 Å². The van der Waals surface area contributed by atoms with E-state index < -0.39 is 0 Å². The van der Waals surface area contributed by atoms with Crippen molar-refractivity contribution in [1.82, 2.24) is 18.8 Å². The van der Waals surface area contributed by atoms with E-state index in [-0.39, 0.29) is 11.2 Å². The molecule has 0 saturated heterocycles. The highest BCUT2D eigenvalue weighted by atomic mass is 16.2. The third-order valence-electron chi connectivity index (χ3n) is 2.94. The van der Waals surface area contributed by atoms with E-state index >= 15 is 0 Å². The van der Waals surface area contributed by atoms with Gasteiger partial charge in [-0.05, 0) is 0 Å². The first-order valence-electron chi connectivity index (χ1n) is 5.27. The van der Waals surface area contributed by atoms with Crippen molar-refractivity contribution in [2.75, 3.05) is 23.8 Å². The molecule has 0 bridgehead atoms. The molecule has 2 N–H and O–H groups in total. The van der Waals surface area contributed by atoms with Gasteiger partial charge in [0.25, 0.3) is 5.56 Å². The van der Waals surface area contributed by atoms with Crippen molar-refractivity contribution < 1.29 is 0 Å². The number of aryl methyl sites for hydroxylation is 1. The summed E-state index contributed by atoms with van der Waals surface area (Å²) in [5.41, 5.74) is 3.11. The molecule has 17 heavy (non-hydrogen) atoms. The van der Waals surface area contributed by atoms with E-state index in [1.54, 1.807) is 11.7 Å². The Labute approximate surface area is 95.5 Å². The van der Waals surface area contributed by atoms with E-state index in [2.05, 4.69) is 15.7 Å². The summed E-state index contributed by atoms with van der Waals surface area (Å²) >= 11 is 0. The van der Waals surface area contributed by atoms with E-state index in [1.807, 2.05) is 0 Å². The normalized spacial score (nSPS) is 14.2. The highest BCUT2D eigenvalue weighted by Gasteiger charge is 2.20. The van der Waals surface area contributed by atoms with Gasteiger partial charge >= 0.3 is 5.69 Å². The molecule has 0 aromatic carbocycles. The first-order chi connectivity index (χ1) is 8.11. The van der Waals surface area contributed by atoms with Gasteiger partial charge in [0.1, 0.15) is 0 Å². The molecule has 0 radical (unpaired) electrons. The van der Waals surface area contributed by atoms with E-state index in [1.165, 1.54) is 11.6 Å².